The van der Waals surface area contributed by atoms with Crippen LogP contribution in [0, 0.1) is 11.8 Å². The molecule has 4 heteroatoms. The van der Waals surface area contributed by atoms with E-state index in [-0.39, 0.29) is 35.8 Å². The van der Waals surface area contributed by atoms with E-state index < -0.39 is 0 Å². The Morgan fingerprint density at radius 1 is 1.42 bits per heavy atom. The lowest BCUT2D eigenvalue weighted by molar-refractivity contribution is -0.162. The van der Waals surface area contributed by atoms with Crippen molar-refractivity contribution in [3.63, 3.8) is 0 Å². The SMILES string of the molecule is C=C[C@]12CC3[C@@H](C(=O)OCC)CC1C(Cc1ccccc12)N3C.Cl. The lowest BCUT2D eigenvalue weighted by atomic mass is 9.49. The summed E-state index contributed by atoms with van der Waals surface area (Å²) in [5.74, 6) is 0.457. The van der Waals surface area contributed by atoms with E-state index in [0.717, 1.165) is 19.3 Å². The van der Waals surface area contributed by atoms with Crippen molar-refractivity contribution in [3.05, 3.63) is 48.0 Å². The quantitative estimate of drug-likeness (QED) is 0.620. The Morgan fingerprint density at radius 2 is 2.17 bits per heavy atom. The summed E-state index contributed by atoms with van der Waals surface area (Å²) in [6, 6.07) is 9.57. The fraction of sp³-hybridized carbons (Fsp3) is 0.550. The Hall–Kier alpha value is -1.32. The summed E-state index contributed by atoms with van der Waals surface area (Å²) in [5.41, 5.74) is 2.92. The van der Waals surface area contributed by atoms with Crippen LogP contribution in [0.15, 0.2) is 36.9 Å². The van der Waals surface area contributed by atoms with Gasteiger partial charge in [0.25, 0.3) is 0 Å². The van der Waals surface area contributed by atoms with Gasteiger partial charge in [-0.1, -0.05) is 30.3 Å². The number of allylic oxidation sites excluding steroid dienone is 1. The Balaban J connectivity index is 0.00000169. The largest absolute Gasteiger partial charge is 0.466 e. The van der Waals surface area contributed by atoms with Crippen LogP contribution in [-0.2, 0) is 21.4 Å². The number of piperidine rings is 2. The highest BCUT2D eigenvalue weighted by Gasteiger charge is 2.61. The molecule has 5 rings (SSSR count). The summed E-state index contributed by atoms with van der Waals surface area (Å²) in [6.07, 6.45) is 5.16. The van der Waals surface area contributed by atoms with E-state index in [2.05, 4.69) is 48.9 Å². The fourth-order valence-electron chi connectivity index (χ4n) is 5.56. The van der Waals surface area contributed by atoms with Gasteiger partial charge >= 0.3 is 5.97 Å². The third kappa shape index (κ3) is 2.18. The molecule has 0 aromatic heterocycles. The zero-order valence-corrected chi connectivity index (χ0v) is 15.2. The van der Waals surface area contributed by atoms with Crippen molar-refractivity contribution in [2.75, 3.05) is 13.7 Å². The minimum Gasteiger partial charge on any atom is -0.466 e. The summed E-state index contributed by atoms with van der Waals surface area (Å²) in [7, 11) is 2.19. The number of rotatable bonds is 3. The van der Waals surface area contributed by atoms with E-state index in [4.69, 9.17) is 4.74 Å². The molecule has 1 saturated carbocycles. The molecule has 24 heavy (non-hydrogen) atoms. The van der Waals surface area contributed by atoms with Crippen LogP contribution in [0.3, 0.4) is 0 Å². The molecule has 5 atom stereocenters. The summed E-state index contributed by atoms with van der Waals surface area (Å²) in [4.78, 5) is 14.9. The molecule has 3 nitrogen and oxygen atoms in total. The molecule has 4 bridgehead atoms. The summed E-state index contributed by atoms with van der Waals surface area (Å²) < 4.78 is 5.35. The van der Waals surface area contributed by atoms with E-state index in [9.17, 15) is 4.79 Å². The van der Waals surface area contributed by atoms with Gasteiger partial charge in [-0.25, -0.2) is 0 Å². The zero-order chi connectivity index (χ0) is 16.2. The molecular formula is C20H26ClNO2. The van der Waals surface area contributed by atoms with E-state index >= 15 is 0 Å². The van der Waals surface area contributed by atoms with Crippen molar-refractivity contribution >= 4 is 18.4 Å². The number of esters is 1. The summed E-state index contributed by atoms with van der Waals surface area (Å²) >= 11 is 0. The fourth-order valence-corrected chi connectivity index (χ4v) is 5.56. The van der Waals surface area contributed by atoms with Crippen LogP contribution in [0.4, 0.5) is 0 Å². The number of carbonyl (C=O) groups is 1. The standard InChI is InChI=1S/C20H25NO2.ClH/c1-4-20-12-18-14(19(22)23-5-2)11-16(20)17(21(18)3)10-13-8-6-7-9-15(13)20;/h4,6-9,14,16-18H,1,5,10-12H2,2-3H3;1H/t14-,16?,17?,18?,20+;/m0./s1. The molecule has 2 aliphatic heterocycles. The monoisotopic (exact) mass is 347 g/mol. The van der Waals surface area contributed by atoms with Crippen LogP contribution < -0.4 is 0 Å². The number of ether oxygens (including phenoxy) is 1. The Labute approximate surface area is 150 Å². The van der Waals surface area contributed by atoms with Crippen molar-refractivity contribution in [2.45, 2.75) is 43.7 Å². The first-order valence-corrected chi connectivity index (χ1v) is 8.73. The Morgan fingerprint density at radius 3 is 2.88 bits per heavy atom. The molecule has 0 N–H and O–H groups in total. The van der Waals surface area contributed by atoms with E-state index in [1.54, 1.807) is 0 Å². The first-order valence-electron chi connectivity index (χ1n) is 8.73. The molecular weight excluding hydrogens is 322 g/mol. The van der Waals surface area contributed by atoms with Crippen LogP contribution in [0.5, 0.6) is 0 Å². The second-order valence-corrected chi connectivity index (χ2v) is 7.31. The first kappa shape index (κ1) is 17.5. The third-order valence-electron chi connectivity index (χ3n) is 6.59. The molecule has 0 amide bonds. The van der Waals surface area contributed by atoms with Crippen molar-refractivity contribution in [2.24, 2.45) is 11.8 Å². The first-order chi connectivity index (χ1) is 11.1. The number of fused-ring (bicyclic) bond motifs is 2. The van der Waals surface area contributed by atoms with Gasteiger partial charge in [-0.3, -0.25) is 9.69 Å². The Bertz CT molecular complexity index is 661. The maximum Gasteiger partial charge on any atom is 0.310 e. The van der Waals surface area contributed by atoms with Gasteiger partial charge in [0.15, 0.2) is 0 Å². The summed E-state index contributed by atoms with van der Waals surface area (Å²) in [6.45, 7) is 6.57. The maximum absolute atomic E-state index is 12.4. The van der Waals surface area contributed by atoms with Gasteiger partial charge in [0.2, 0.25) is 0 Å². The van der Waals surface area contributed by atoms with Crippen molar-refractivity contribution in [1.82, 2.24) is 4.90 Å². The number of likely N-dealkylation sites (N-methyl/N-ethyl adjacent to an activating group) is 1. The molecule has 3 unspecified atom stereocenters. The van der Waals surface area contributed by atoms with Gasteiger partial charge in [0.05, 0.1) is 12.5 Å². The highest BCUT2D eigenvalue weighted by atomic mass is 35.5. The molecule has 130 valence electrons. The molecule has 2 saturated heterocycles. The van der Waals surface area contributed by atoms with Crippen LogP contribution in [0.25, 0.3) is 0 Å². The molecule has 2 aliphatic carbocycles. The molecule has 3 fully saturated rings. The molecule has 4 aliphatic rings. The number of carbonyl (C=O) groups excluding carboxylic acids is 1. The highest BCUT2D eigenvalue weighted by molar-refractivity contribution is 5.85. The maximum atomic E-state index is 12.4. The van der Waals surface area contributed by atoms with Gasteiger partial charge in [-0.15, -0.1) is 19.0 Å². The van der Waals surface area contributed by atoms with Gasteiger partial charge < -0.3 is 4.74 Å². The van der Waals surface area contributed by atoms with E-state index in [1.807, 2.05) is 6.92 Å². The van der Waals surface area contributed by atoms with Gasteiger partial charge in [-0.2, -0.15) is 0 Å². The number of halogens is 1. The second kappa shape index (κ2) is 6.20. The van der Waals surface area contributed by atoms with Crippen LogP contribution in [0.2, 0.25) is 0 Å². The van der Waals surface area contributed by atoms with Crippen LogP contribution in [-0.4, -0.2) is 36.6 Å². The van der Waals surface area contributed by atoms with E-state index in [1.165, 1.54) is 11.1 Å². The number of hydrogen-bond donors (Lipinski definition) is 0. The molecule has 1 aromatic rings. The zero-order valence-electron chi connectivity index (χ0n) is 14.4. The topological polar surface area (TPSA) is 29.5 Å². The number of benzene rings is 1. The molecule has 0 radical (unpaired) electrons. The number of hydrogen-bond acceptors (Lipinski definition) is 3. The molecule has 0 spiro atoms. The minimum atomic E-state index is -0.0145. The molecule has 2 heterocycles. The number of nitrogens with zero attached hydrogens (tertiary/aromatic N) is 1. The van der Waals surface area contributed by atoms with E-state index in [0.29, 0.717) is 18.6 Å². The second-order valence-electron chi connectivity index (χ2n) is 7.31. The lowest BCUT2D eigenvalue weighted by Crippen LogP contribution is -2.69. The normalized spacial score (nSPS) is 36.4. The van der Waals surface area contributed by atoms with Gasteiger partial charge in [-0.05, 0) is 50.3 Å². The van der Waals surface area contributed by atoms with Gasteiger partial charge in [0, 0.05) is 17.5 Å². The third-order valence-corrected chi connectivity index (χ3v) is 6.59. The van der Waals surface area contributed by atoms with Crippen molar-refractivity contribution < 1.29 is 9.53 Å². The minimum absolute atomic E-state index is 0. The van der Waals surface area contributed by atoms with Crippen molar-refractivity contribution in [3.8, 4) is 0 Å². The summed E-state index contributed by atoms with van der Waals surface area (Å²) in [5, 5.41) is 0. The average molecular weight is 348 g/mol. The average Bonchev–Trinajstić information content (AvgIpc) is 2.58. The molecule has 1 aromatic carbocycles. The van der Waals surface area contributed by atoms with Crippen LogP contribution >= 0.6 is 12.4 Å². The lowest BCUT2D eigenvalue weighted by Gasteiger charge is -2.63. The van der Waals surface area contributed by atoms with Crippen LogP contribution in [0.1, 0.15) is 30.9 Å². The van der Waals surface area contributed by atoms with Crippen molar-refractivity contribution in [1.29, 1.82) is 0 Å². The van der Waals surface area contributed by atoms with Gasteiger partial charge in [0.1, 0.15) is 0 Å². The highest BCUT2D eigenvalue weighted by Crippen LogP contribution is 2.58. The Kier molecular flexibility index (Phi) is 4.52. The smallest absolute Gasteiger partial charge is 0.310 e. The predicted octanol–water partition coefficient (Wildman–Crippen LogP) is 3.36. The predicted molar refractivity (Wildman–Crippen MR) is 97.5 cm³/mol.